The smallest absolute Gasteiger partial charge is 0.317 e. The van der Waals surface area contributed by atoms with Gasteiger partial charge in [0, 0.05) is 51.6 Å². The molecule has 8 nitrogen and oxygen atoms in total. The minimum Gasteiger partial charge on any atom is -0.341 e. The zero-order chi connectivity index (χ0) is 20.8. The molecular weight excluding hydrogens is 368 g/mol. The number of aromatic nitrogens is 3. The number of urea groups is 1. The second-order valence-corrected chi connectivity index (χ2v) is 6.64. The van der Waals surface area contributed by atoms with Gasteiger partial charge in [-0.2, -0.15) is 5.10 Å². The van der Waals surface area contributed by atoms with Crippen molar-refractivity contribution < 1.29 is 9.59 Å². The maximum absolute atomic E-state index is 13.1. The van der Waals surface area contributed by atoms with Crippen LogP contribution < -0.4 is 10.6 Å². The monoisotopic (exact) mass is 392 g/mol. The third kappa shape index (κ3) is 4.78. The van der Waals surface area contributed by atoms with Gasteiger partial charge >= 0.3 is 6.03 Å². The number of likely N-dealkylation sites (N-methyl/N-ethyl adjacent to an activating group) is 1. The Bertz CT molecular complexity index is 971. The first-order chi connectivity index (χ1) is 14.0. The summed E-state index contributed by atoms with van der Waals surface area (Å²) in [7, 11) is 4.91. The molecule has 29 heavy (non-hydrogen) atoms. The maximum atomic E-state index is 13.1. The molecule has 0 saturated heterocycles. The van der Waals surface area contributed by atoms with Gasteiger partial charge in [0.05, 0.1) is 5.69 Å². The number of nitrogens with one attached hydrogen (secondary N) is 2. The lowest BCUT2D eigenvalue weighted by Crippen LogP contribution is -2.49. The van der Waals surface area contributed by atoms with Gasteiger partial charge in [-0.1, -0.05) is 30.3 Å². The summed E-state index contributed by atoms with van der Waals surface area (Å²) in [6, 6.07) is 14.1. The number of benzene rings is 1. The van der Waals surface area contributed by atoms with Gasteiger partial charge in [0.25, 0.3) is 0 Å². The predicted octanol–water partition coefficient (Wildman–Crippen LogP) is 2.30. The van der Waals surface area contributed by atoms with Gasteiger partial charge in [0.2, 0.25) is 5.91 Å². The molecule has 0 aliphatic heterocycles. The number of aryl methyl sites for hydroxylation is 1. The van der Waals surface area contributed by atoms with Gasteiger partial charge in [-0.15, -0.1) is 0 Å². The van der Waals surface area contributed by atoms with Crippen molar-refractivity contribution in [2.75, 3.05) is 19.4 Å². The average molecular weight is 392 g/mol. The molecule has 0 fully saturated rings. The van der Waals surface area contributed by atoms with Crippen LogP contribution in [0.25, 0.3) is 11.3 Å². The standard InChI is InChI=1S/C21H24N6O2/c1-22-21(29)26(2)18(13-15-7-5-4-6-8-15)20(28)24-19-14-17(25-27(19)3)16-9-11-23-12-10-16/h4-12,14,18H,13H2,1-3H3,(H,22,29)(H,24,28)/t18-/m0/s1. The van der Waals surface area contributed by atoms with Crippen molar-refractivity contribution in [1.82, 2.24) is 25.0 Å². The van der Waals surface area contributed by atoms with Gasteiger partial charge in [-0.25, -0.2) is 4.79 Å². The van der Waals surface area contributed by atoms with E-state index in [-0.39, 0.29) is 11.9 Å². The van der Waals surface area contributed by atoms with Crippen molar-refractivity contribution in [2.45, 2.75) is 12.5 Å². The first-order valence-corrected chi connectivity index (χ1v) is 9.23. The fraction of sp³-hybridized carbons (Fsp3) is 0.238. The number of amides is 3. The Morgan fingerprint density at radius 1 is 1.14 bits per heavy atom. The van der Waals surface area contributed by atoms with E-state index in [1.165, 1.54) is 4.90 Å². The SMILES string of the molecule is CNC(=O)N(C)[C@@H](Cc1ccccc1)C(=O)Nc1cc(-c2ccncc2)nn1C. The zero-order valence-corrected chi connectivity index (χ0v) is 16.7. The molecule has 3 rings (SSSR count). The molecular formula is C21H24N6O2. The first kappa shape index (κ1) is 20.1. The summed E-state index contributed by atoms with van der Waals surface area (Å²) in [4.78, 5) is 30.7. The normalized spacial score (nSPS) is 11.6. The third-order valence-electron chi connectivity index (χ3n) is 4.68. The van der Waals surface area contributed by atoms with Crippen LogP contribution in [0.3, 0.4) is 0 Å². The maximum Gasteiger partial charge on any atom is 0.317 e. The van der Waals surface area contributed by atoms with E-state index >= 15 is 0 Å². The van der Waals surface area contributed by atoms with Gasteiger partial charge < -0.3 is 15.5 Å². The highest BCUT2D eigenvalue weighted by Gasteiger charge is 2.27. The molecule has 150 valence electrons. The minimum absolute atomic E-state index is 0.288. The third-order valence-corrected chi connectivity index (χ3v) is 4.68. The molecule has 2 heterocycles. The summed E-state index contributed by atoms with van der Waals surface area (Å²) in [5.74, 6) is 0.259. The molecule has 2 aromatic heterocycles. The molecule has 0 spiro atoms. The summed E-state index contributed by atoms with van der Waals surface area (Å²) in [5, 5.41) is 9.93. The molecule has 3 amide bonds. The molecule has 0 unspecified atom stereocenters. The summed E-state index contributed by atoms with van der Waals surface area (Å²) in [6.45, 7) is 0. The summed E-state index contributed by atoms with van der Waals surface area (Å²) in [6.07, 6.45) is 3.78. The largest absolute Gasteiger partial charge is 0.341 e. The van der Waals surface area contributed by atoms with Crippen LogP contribution in [0.4, 0.5) is 10.6 Å². The van der Waals surface area contributed by atoms with Crippen molar-refractivity contribution in [3.05, 3.63) is 66.5 Å². The second kappa shape index (κ2) is 9.01. The molecule has 1 atom stereocenters. The highest BCUT2D eigenvalue weighted by molar-refractivity contribution is 5.97. The molecule has 3 aromatic rings. The van der Waals surface area contributed by atoms with Crippen LogP contribution in [0.5, 0.6) is 0 Å². The number of rotatable bonds is 6. The fourth-order valence-electron chi connectivity index (χ4n) is 3.02. The van der Waals surface area contributed by atoms with Gasteiger partial charge in [0.1, 0.15) is 11.9 Å². The molecule has 0 aliphatic rings. The van der Waals surface area contributed by atoms with E-state index in [1.54, 1.807) is 44.3 Å². The van der Waals surface area contributed by atoms with Gasteiger partial charge in [0.15, 0.2) is 0 Å². The number of hydrogen-bond donors (Lipinski definition) is 2. The van der Waals surface area contributed by atoms with Crippen LogP contribution in [0.2, 0.25) is 0 Å². The van der Waals surface area contributed by atoms with Crippen molar-refractivity contribution in [1.29, 1.82) is 0 Å². The van der Waals surface area contributed by atoms with Gasteiger partial charge in [-0.3, -0.25) is 14.5 Å². The number of nitrogens with zero attached hydrogens (tertiary/aromatic N) is 4. The number of hydrogen-bond acceptors (Lipinski definition) is 4. The van der Waals surface area contributed by atoms with Crippen LogP contribution >= 0.6 is 0 Å². The lowest BCUT2D eigenvalue weighted by Gasteiger charge is -2.27. The zero-order valence-electron chi connectivity index (χ0n) is 16.7. The molecule has 0 saturated carbocycles. The van der Waals surface area contributed by atoms with Crippen LogP contribution in [0, 0.1) is 0 Å². The van der Waals surface area contributed by atoms with E-state index in [1.807, 2.05) is 42.5 Å². The van der Waals surface area contributed by atoms with Crippen LogP contribution in [0.1, 0.15) is 5.56 Å². The molecule has 0 aliphatic carbocycles. The Hall–Kier alpha value is -3.68. The van der Waals surface area contributed by atoms with Crippen LogP contribution in [-0.4, -0.2) is 51.7 Å². The number of anilines is 1. The highest BCUT2D eigenvalue weighted by Crippen LogP contribution is 2.21. The summed E-state index contributed by atoms with van der Waals surface area (Å²) >= 11 is 0. The van der Waals surface area contributed by atoms with Crippen molar-refractivity contribution in [2.24, 2.45) is 7.05 Å². The Morgan fingerprint density at radius 3 is 2.48 bits per heavy atom. The topological polar surface area (TPSA) is 92.2 Å². The number of carbonyl (C=O) groups is 2. The van der Waals surface area contributed by atoms with Gasteiger partial charge in [-0.05, 0) is 17.7 Å². The molecule has 8 heteroatoms. The fourth-order valence-corrected chi connectivity index (χ4v) is 3.02. The van der Waals surface area contributed by atoms with Crippen molar-refractivity contribution in [3.63, 3.8) is 0 Å². The predicted molar refractivity (Wildman–Crippen MR) is 111 cm³/mol. The lowest BCUT2D eigenvalue weighted by atomic mass is 10.0. The average Bonchev–Trinajstić information content (AvgIpc) is 3.12. The van der Waals surface area contributed by atoms with E-state index < -0.39 is 6.04 Å². The summed E-state index contributed by atoms with van der Waals surface area (Å²) in [5.41, 5.74) is 2.59. The van der Waals surface area contributed by atoms with E-state index in [9.17, 15) is 9.59 Å². The Morgan fingerprint density at radius 2 is 1.83 bits per heavy atom. The first-order valence-electron chi connectivity index (χ1n) is 9.23. The molecule has 1 aromatic carbocycles. The van der Waals surface area contributed by atoms with Crippen molar-refractivity contribution in [3.8, 4) is 11.3 Å². The van der Waals surface area contributed by atoms with Crippen LogP contribution in [0.15, 0.2) is 60.9 Å². The van der Waals surface area contributed by atoms with E-state index in [0.29, 0.717) is 12.2 Å². The molecule has 2 N–H and O–H groups in total. The second-order valence-electron chi connectivity index (χ2n) is 6.64. The lowest BCUT2D eigenvalue weighted by molar-refractivity contribution is -0.120. The van der Waals surface area contributed by atoms with E-state index in [0.717, 1.165) is 16.8 Å². The van der Waals surface area contributed by atoms with E-state index in [4.69, 9.17) is 0 Å². The number of pyridine rings is 1. The highest BCUT2D eigenvalue weighted by atomic mass is 16.2. The van der Waals surface area contributed by atoms with E-state index in [2.05, 4.69) is 20.7 Å². The Kier molecular flexibility index (Phi) is 6.23. The quantitative estimate of drug-likeness (QED) is 0.673. The minimum atomic E-state index is -0.684. The Labute approximate surface area is 169 Å². The molecule has 0 bridgehead atoms. The Balaban J connectivity index is 1.82. The molecule has 0 radical (unpaired) electrons. The van der Waals surface area contributed by atoms with Crippen molar-refractivity contribution >= 4 is 17.8 Å². The summed E-state index contributed by atoms with van der Waals surface area (Å²) < 4.78 is 1.60. The number of carbonyl (C=O) groups excluding carboxylic acids is 2. The van der Waals surface area contributed by atoms with Crippen LogP contribution in [-0.2, 0) is 18.3 Å².